The molecule has 1 aliphatic heterocycles. The molecule has 0 radical (unpaired) electrons. The van der Waals surface area contributed by atoms with Gasteiger partial charge in [0.2, 0.25) is 0 Å². The summed E-state index contributed by atoms with van der Waals surface area (Å²) in [4.78, 5) is 14.3. The van der Waals surface area contributed by atoms with Crippen molar-refractivity contribution in [2.45, 2.75) is 19.4 Å². The van der Waals surface area contributed by atoms with E-state index < -0.39 is 0 Å². The number of rotatable bonds is 7. The molecule has 1 unspecified atom stereocenters. The van der Waals surface area contributed by atoms with E-state index in [9.17, 15) is 9.18 Å². The summed E-state index contributed by atoms with van der Waals surface area (Å²) in [6, 6.07) is 15.9. The molecule has 150 valence electrons. The van der Waals surface area contributed by atoms with Gasteiger partial charge in [0, 0.05) is 19.5 Å². The first kappa shape index (κ1) is 19.1. The minimum atomic E-state index is -0.328. The monoisotopic (exact) mass is 394 g/mol. The normalized spacial score (nSPS) is 16.2. The summed E-state index contributed by atoms with van der Waals surface area (Å²) < 4.78 is 20.5. The van der Waals surface area contributed by atoms with Gasteiger partial charge in [-0.25, -0.2) is 4.39 Å². The van der Waals surface area contributed by atoms with Crippen LogP contribution in [0.3, 0.4) is 0 Å². The van der Waals surface area contributed by atoms with Crippen LogP contribution in [0.25, 0.3) is 0 Å². The molecule has 1 atom stereocenters. The van der Waals surface area contributed by atoms with Crippen LogP contribution >= 0.6 is 0 Å². The van der Waals surface area contributed by atoms with Gasteiger partial charge in [0.15, 0.2) is 6.61 Å². The highest BCUT2D eigenvalue weighted by atomic mass is 19.1. The SMILES string of the molecule is O=C(COc1ccc(F)cc1)N1CCC(Cc2nncn2Cc2ccccc2)C1. The van der Waals surface area contributed by atoms with E-state index in [2.05, 4.69) is 26.9 Å². The topological polar surface area (TPSA) is 60.2 Å². The average molecular weight is 394 g/mol. The summed E-state index contributed by atoms with van der Waals surface area (Å²) in [6.45, 7) is 2.10. The molecule has 7 heteroatoms. The molecule has 29 heavy (non-hydrogen) atoms. The van der Waals surface area contributed by atoms with Crippen molar-refractivity contribution in [3.63, 3.8) is 0 Å². The third-order valence-electron chi connectivity index (χ3n) is 5.18. The van der Waals surface area contributed by atoms with Crippen molar-refractivity contribution >= 4 is 5.91 Å². The third kappa shape index (κ3) is 4.99. The van der Waals surface area contributed by atoms with Crippen molar-refractivity contribution in [3.05, 3.63) is 78.1 Å². The Morgan fingerprint density at radius 3 is 2.72 bits per heavy atom. The lowest BCUT2D eigenvalue weighted by Crippen LogP contribution is -2.33. The smallest absolute Gasteiger partial charge is 0.260 e. The Hall–Kier alpha value is -3.22. The molecule has 1 saturated heterocycles. The molecule has 0 bridgehead atoms. The second-order valence-electron chi connectivity index (χ2n) is 7.30. The zero-order valence-electron chi connectivity index (χ0n) is 16.1. The van der Waals surface area contributed by atoms with Crippen LogP contribution < -0.4 is 4.74 Å². The molecule has 0 aliphatic carbocycles. The number of ether oxygens (including phenoxy) is 1. The van der Waals surface area contributed by atoms with Crippen molar-refractivity contribution in [1.82, 2.24) is 19.7 Å². The second-order valence-corrected chi connectivity index (χ2v) is 7.30. The fourth-order valence-electron chi connectivity index (χ4n) is 3.60. The van der Waals surface area contributed by atoms with Crippen LogP contribution in [0, 0.1) is 11.7 Å². The molecule has 4 rings (SSSR count). The molecule has 1 amide bonds. The summed E-state index contributed by atoms with van der Waals surface area (Å²) in [6.07, 6.45) is 3.48. The van der Waals surface area contributed by atoms with Crippen molar-refractivity contribution < 1.29 is 13.9 Å². The molecular weight excluding hydrogens is 371 g/mol. The van der Waals surface area contributed by atoms with E-state index in [4.69, 9.17) is 4.74 Å². The van der Waals surface area contributed by atoms with E-state index >= 15 is 0 Å². The number of amides is 1. The number of hydrogen-bond donors (Lipinski definition) is 0. The van der Waals surface area contributed by atoms with E-state index in [1.807, 2.05) is 23.1 Å². The Morgan fingerprint density at radius 2 is 1.93 bits per heavy atom. The van der Waals surface area contributed by atoms with Gasteiger partial charge in [-0.1, -0.05) is 30.3 Å². The molecule has 3 aromatic rings. The van der Waals surface area contributed by atoms with Crippen LogP contribution in [-0.2, 0) is 17.8 Å². The zero-order valence-corrected chi connectivity index (χ0v) is 16.1. The molecule has 0 spiro atoms. The van der Waals surface area contributed by atoms with Gasteiger partial charge in [-0.15, -0.1) is 10.2 Å². The van der Waals surface area contributed by atoms with Gasteiger partial charge < -0.3 is 14.2 Å². The Labute approximate surface area is 168 Å². The van der Waals surface area contributed by atoms with E-state index in [0.29, 0.717) is 24.8 Å². The minimum absolute atomic E-state index is 0.0391. The summed E-state index contributed by atoms with van der Waals surface area (Å²) in [5.41, 5.74) is 1.20. The molecule has 1 fully saturated rings. The molecule has 0 saturated carbocycles. The summed E-state index contributed by atoms with van der Waals surface area (Å²) in [5, 5.41) is 8.35. The maximum absolute atomic E-state index is 12.9. The van der Waals surface area contributed by atoms with E-state index in [1.165, 1.54) is 29.8 Å². The number of nitrogens with zero attached hydrogens (tertiary/aromatic N) is 4. The fraction of sp³-hybridized carbons (Fsp3) is 0.318. The Kier molecular flexibility index (Phi) is 5.84. The van der Waals surface area contributed by atoms with Crippen LogP contribution in [0.1, 0.15) is 17.8 Å². The van der Waals surface area contributed by atoms with Crippen LogP contribution in [0.5, 0.6) is 5.75 Å². The van der Waals surface area contributed by atoms with Crippen LogP contribution in [0.15, 0.2) is 60.9 Å². The Balaban J connectivity index is 1.28. The fourth-order valence-corrected chi connectivity index (χ4v) is 3.60. The van der Waals surface area contributed by atoms with Gasteiger partial charge in [-0.05, 0) is 42.2 Å². The molecule has 2 aromatic carbocycles. The zero-order chi connectivity index (χ0) is 20.1. The number of halogens is 1. The minimum Gasteiger partial charge on any atom is -0.484 e. The highest BCUT2D eigenvalue weighted by Gasteiger charge is 2.27. The predicted molar refractivity (Wildman–Crippen MR) is 106 cm³/mol. The number of aromatic nitrogens is 3. The Morgan fingerprint density at radius 1 is 1.14 bits per heavy atom. The Bertz CT molecular complexity index is 943. The first-order chi connectivity index (χ1) is 14.2. The van der Waals surface area contributed by atoms with Crippen molar-refractivity contribution in [2.75, 3.05) is 19.7 Å². The summed E-state index contributed by atoms with van der Waals surface area (Å²) in [7, 11) is 0. The van der Waals surface area contributed by atoms with Gasteiger partial charge in [-0.2, -0.15) is 0 Å². The maximum Gasteiger partial charge on any atom is 0.260 e. The summed E-state index contributed by atoms with van der Waals surface area (Å²) in [5.74, 6) is 1.40. The van der Waals surface area contributed by atoms with Gasteiger partial charge in [-0.3, -0.25) is 4.79 Å². The first-order valence-corrected chi connectivity index (χ1v) is 9.74. The molecule has 0 N–H and O–H groups in total. The van der Waals surface area contributed by atoms with Crippen molar-refractivity contribution in [2.24, 2.45) is 5.92 Å². The third-order valence-corrected chi connectivity index (χ3v) is 5.18. The number of carbonyl (C=O) groups is 1. The van der Waals surface area contributed by atoms with Crippen LogP contribution in [-0.4, -0.2) is 45.3 Å². The molecule has 1 aromatic heterocycles. The lowest BCUT2D eigenvalue weighted by Gasteiger charge is -2.17. The number of carbonyl (C=O) groups excluding carboxylic acids is 1. The average Bonchev–Trinajstić information content (AvgIpc) is 3.38. The van der Waals surface area contributed by atoms with Gasteiger partial charge in [0.1, 0.15) is 23.7 Å². The molecular formula is C22H23FN4O2. The number of hydrogen-bond acceptors (Lipinski definition) is 4. The second kappa shape index (κ2) is 8.86. The van der Waals surface area contributed by atoms with Gasteiger partial charge >= 0.3 is 0 Å². The maximum atomic E-state index is 12.9. The van der Waals surface area contributed by atoms with Gasteiger partial charge in [0.25, 0.3) is 5.91 Å². The molecule has 6 nitrogen and oxygen atoms in total. The van der Waals surface area contributed by atoms with Crippen LogP contribution in [0.2, 0.25) is 0 Å². The molecule has 1 aliphatic rings. The lowest BCUT2D eigenvalue weighted by molar-refractivity contribution is -0.132. The lowest BCUT2D eigenvalue weighted by atomic mass is 10.0. The quantitative estimate of drug-likeness (QED) is 0.618. The van der Waals surface area contributed by atoms with Crippen molar-refractivity contribution in [1.29, 1.82) is 0 Å². The van der Waals surface area contributed by atoms with Gasteiger partial charge in [0.05, 0.1) is 6.54 Å². The van der Waals surface area contributed by atoms with Crippen molar-refractivity contribution in [3.8, 4) is 5.75 Å². The van der Waals surface area contributed by atoms with E-state index in [1.54, 1.807) is 6.33 Å². The standard InChI is InChI=1S/C22H23FN4O2/c23-19-6-8-20(9-7-19)29-15-22(28)26-11-10-18(14-26)12-21-25-24-16-27(21)13-17-4-2-1-3-5-17/h1-9,16,18H,10-15H2. The highest BCUT2D eigenvalue weighted by molar-refractivity contribution is 5.78. The molecule has 2 heterocycles. The first-order valence-electron chi connectivity index (χ1n) is 9.74. The predicted octanol–water partition coefficient (Wildman–Crippen LogP) is 2.94. The number of likely N-dealkylation sites (tertiary alicyclic amines) is 1. The van der Waals surface area contributed by atoms with Crippen LogP contribution in [0.4, 0.5) is 4.39 Å². The van der Waals surface area contributed by atoms with E-state index in [-0.39, 0.29) is 18.3 Å². The highest BCUT2D eigenvalue weighted by Crippen LogP contribution is 2.21. The largest absolute Gasteiger partial charge is 0.484 e. The van der Waals surface area contributed by atoms with E-state index in [0.717, 1.165) is 25.2 Å². The summed E-state index contributed by atoms with van der Waals surface area (Å²) >= 11 is 0. The number of benzene rings is 2.